The number of hydrogen-bond donors (Lipinski definition) is 1. The summed E-state index contributed by atoms with van der Waals surface area (Å²) in [7, 11) is 1.41. The quantitative estimate of drug-likeness (QED) is 0.769. The maximum Gasteiger partial charge on any atom is 0.322 e. The van der Waals surface area contributed by atoms with Crippen LogP contribution in [0.1, 0.15) is 46.5 Å². The largest absolute Gasteiger partial charge is 0.468 e. The number of methoxy groups -OCH3 is 1. The monoisotopic (exact) mass is 239 g/mol. The van der Waals surface area contributed by atoms with E-state index in [-0.39, 0.29) is 5.97 Å². The molecule has 2 bridgehead atoms. The first-order valence-corrected chi connectivity index (χ1v) is 6.66. The van der Waals surface area contributed by atoms with Crippen molar-refractivity contribution in [2.45, 2.75) is 52.5 Å². The van der Waals surface area contributed by atoms with Gasteiger partial charge in [0.2, 0.25) is 0 Å². The van der Waals surface area contributed by atoms with Gasteiger partial charge in [0.25, 0.3) is 0 Å². The van der Waals surface area contributed by atoms with Crippen molar-refractivity contribution in [2.75, 3.05) is 7.11 Å². The highest BCUT2D eigenvalue weighted by Gasteiger charge is 2.61. The molecule has 0 amide bonds. The van der Waals surface area contributed by atoms with E-state index >= 15 is 0 Å². The van der Waals surface area contributed by atoms with Gasteiger partial charge >= 0.3 is 5.97 Å². The molecule has 0 radical (unpaired) electrons. The van der Waals surface area contributed by atoms with E-state index in [9.17, 15) is 4.79 Å². The Balaban J connectivity index is 2.08. The topological polar surface area (TPSA) is 52.3 Å². The van der Waals surface area contributed by atoms with Gasteiger partial charge in [0.1, 0.15) is 6.04 Å². The molecule has 3 unspecified atom stereocenters. The molecule has 3 heteroatoms. The predicted molar refractivity (Wildman–Crippen MR) is 67.3 cm³/mol. The summed E-state index contributed by atoms with van der Waals surface area (Å²) in [4.78, 5) is 11.4. The van der Waals surface area contributed by atoms with Crippen LogP contribution in [0.2, 0.25) is 0 Å². The molecule has 0 aromatic heterocycles. The van der Waals surface area contributed by atoms with Gasteiger partial charge in [-0.3, -0.25) is 4.79 Å². The average Bonchev–Trinajstić information content (AvgIpc) is 2.60. The highest BCUT2D eigenvalue weighted by atomic mass is 16.5. The molecule has 2 saturated carbocycles. The first kappa shape index (κ1) is 12.9. The van der Waals surface area contributed by atoms with Gasteiger partial charge in [-0.2, -0.15) is 0 Å². The van der Waals surface area contributed by atoms with Gasteiger partial charge in [-0.25, -0.2) is 0 Å². The van der Waals surface area contributed by atoms with E-state index < -0.39 is 6.04 Å². The number of hydrogen-bond acceptors (Lipinski definition) is 3. The lowest BCUT2D eigenvalue weighted by Gasteiger charge is -2.40. The van der Waals surface area contributed by atoms with Crippen LogP contribution in [-0.2, 0) is 9.53 Å². The molecular weight excluding hydrogens is 214 g/mol. The Kier molecular flexibility index (Phi) is 3.01. The first-order chi connectivity index (χ1) is 7.83. The van der Waals surface area contributed by atoms with Crippen molar-refractivity contribution in [2.24, 2.45) is 28.4 Å². The summed E-state index contributed by atoms with van der Waals surface area (Å²) < 4.78 is 4.72. The molecule has 2 aliphatic carbocycles. The minimum atomic E-state index is -0.447. The highest BCUT2D eigenvalue weighted by Crippen LogP contribution is 2.68. The Morgan fingerprint density at radius 3 is 2.53 bits per heavy atom. The maximum atomic E-state index is 11.4. The van der Waals surface area contributed by atoms with Crippen LogP contribution < -0.4 is 5.73 Å². The van der Waals surface area contributed by atoms with Crippen molar-refractivity contribution in [3.63, 3.8) is 0 Å². The summed E-state index contributed by atoms with van der Waals surface area (Å²) >= 11 is 0. The number of fused-ring (bicyclic) bond motifs is 2. The molecule has 2 rings (SSSR count). The van der Waals surface area contributed by atoms with Crippen LogP contribution in [0.5, 0.6) is 0 Å². The Morgan fingerprint density at radius 2 is 2.12 bits per heavy atom. The van der Waals surface area contributed by atoms with E-state index in [2.05, 4.69) is 20.8 Å². The van der Waals surface area contributed by atoms with Crippen molar-refractivity contribution < 1.29 is 9.53 Å². The van der Waals surface area contributed by atoms with Crippen LogP contribution in [0.3, 0.4) is 0 Å². The fourth-order valence-corrected chi connectivity index (χ4v) is 4.28. The zero-order valence-electron chi connectivity index (χ0n) is 11.5. The molecule has 0 heterocycles. The van der Waals surface area contributed by atoms with Crippen molar-refractivity contribution in [3.05, 3.63) is 0 Å². The fourth-order valence-electron chi connectivity index (χ4n) is 4.28. The molecule has 2 aliphatic rings. The van der Waals surface area contributed by atoms with Crippen LogP contribution in [-0.4, -0.2) is 19.1 Å². The molecule has 2 fully saturated rings. The third kappa shape index (κ3) is 1.70. The number of rotatable bonds is 3. The molecule has 0 aliphatic heterocycles. The van der Waals surface area contributed by atoms with Crippen LogP contribution in [0, 0.1) is 22.7 Å². The normalized spacial score (nSPS) is 40.3. The van der Waals surface area contributed by atoms with Crippen LogP contribution in [0.15, 0.2) is 0 Å². The minimum absolute atomic E-state index is 0.269. The summed E-state index contributed by atoms with van der Waals surface area (Å²) in [5.41, 5.74) is 6.66. The highest BCUT2D eigenvalue weighted by molar-refractivity contribution is 5.75. The van der Waals surface area contributed by atoms with Gasteiger partial charge < -0.3 is 10.5 Å². The number of nitrogens with two attached hydrogens (primary N) is 1. The van der Waals surface area contributed by atoms with Crippen molar-refractivity contribution in [3.8, 4) is 0 Å². The van der Waals surface area contributed by atoms with E-state index in [1.807, 2.05) is 0 Å². The lowest BCUT2D eigenvalue weighted by atomic mass is 9.65. The molecule has 17 heavy (non-hydrogen) atoms. The number of carbonyl (C=O) groups excluding carboxylic acids is 1. The van der Waals surface area contributed by atoms with Gasteiger partial charge in [-0.15, -0.1) is 0 Å². The van der Waals surface area contributed by atoms with E-state index in [1.54, 1.807) is 0 Å². The molecule has 0 aromatic carbocycles. The minimum Gasteiger partial charge on any atom is -0.468 e. The summed E-state index contributed by atoms with van der Waals surface area (Å²) in [5.74, 6) is 1.11. The summed E-state index contributed by atoms with van der Waals surface area (Å²) in [6, 6.07) is -0.447. The number of esters is 1. The molecule has 98 valence electrons. The van der Waals surface area contributed by atoms with E-state index in [0.717, 1.165) is 12.3 Å². The predicted octanol–water partition coefficient (Wildman–Crippen LogP) is 2.34. The second-order valence-corrected chi connectivity index (χ2v) is 6.67. The maximum absolute atomic E-state index is 11.4. The van der Waals surface area contributed by atoms with Crippen LogP contribution >= 0.6 is 0 Å². The van der Waals surface area contributed by atoms with Crippen LogP contribution in [0.25, 0.3) is 0 Å². The third-order valence-electron chi connectivity index (χ3n) is 6.02. The standard InChI is InChI=1S/C14H25NO2/c1-13(2)9-5-6-14(13,3)10(7-9)8-11(15)12(16)17-4/h9-11H,5-8,15H2,1-4H3/t9?,10?,11-,14?/m1/s1. The molecule has 0 saturated heterocycles. The number of ether oxygens (including phenoxy) is 1. The zero-order valence-corrected chi connectivity index (χ0v) is 11.5. The van der Waals surface area contributed by atoms with Crippen molar-refractivity contribution >= 4 is 5.97 Å². The van der Waals surface area contributed by atoms with Crippen LogP contribution in [0.4, 0.5) is 0 Å². The molecule has 4 atom stereocenters. The second kappa shape index (κ2) is 3.98. The van der Waals surface area contributed by atoms with Gasteiger partial charge in [0.05, 0.1) is 7.11 Å². The molecular formula is C14H25NO2. The molecule has 3 nitrogen and oxygen atoms in total. The number of carbonyl (C=O) groups is 1. The summed E-state index contributed by atoms with van der Waals surface area (Å²) in [6.07, 6.45) is 4.63. The molecule has 0 spiro atoms. The smallest absolute Gasteiger partial charge is 0.322 e. The molecule has 0 aromatic rings. The van der Waals surface area contributed by atoms with E-state index in [4.69, 9.17) is 10.5 Å². The van der Waals surface area contributed by atoms with Gasteiger partial charge in [0, 0.05) is 0 Å². The van der Waals surface area contributed by atoms with Gasteiger partial charge in [-0.1, -0.05) is 20.8 Å². The molecule has 2 N–H and O–H groups in total. The zero-order chi connectivity index (χ0) is 12.8. The summed E-state index contributed by atoms with van der Waals surface area (Å²) in [6.45, 7) is 7.15. The van der Waals surface area contributed by atoms with E-state index in [0.29, 0.717) is 16.7 Å². The van der Waals surface area contributed by atoms with Crippen molar-refractivity contribution in [1.82, 2.24) is 0 Å². The second-order valence-electron chi connectivity index (χ2n) is 6.67. The Labute approximate surface area is 104 Å². The average molecular weight is 239 g/mol. The van der Waals surface area contributed by atoms with Gasteiger partial charge in [-0.05, 0) is 48.3 Å². The SMILES string of the molecule is COC(=O)[C@H](N)CC1CC2CCC1(C)C2(C)C. The Morgan fingerprint density at radius 1 is 1.47 bits per heavy atom. The lowest BCUT2D eigenvalue weighted by molar-refractivity contribution is -0.142. The van der Waals surface area contributed by atoms with Crippen molar-refractivity contribution in [1.29, 1.82) is 0 Å². The summed E-state index contributed by atoms with van der Waals surface area (Å²) in [5, 5.41) is 0. The Bertz CT molecular complexity index is 326. The van der Waals surface area contributed by atoms with E-state index in [1.165, 1.54) is 26.4 Å². The third-order valence-corrected chi connectivity index (χ3v) is 6.02. The Hall–Kier alpha value is -0.570. The lowest BCUT2D eigenvalue weighted by Crippen LogP contribution is -2.39. The first-order valence-electron chi connectivity index (χ1n) is 6.66. The fraction of sp³-hybridized carbons (Fsp3) is 0.929. The van der Waals surface area contributed by atoms with Gasteiger partial charge in [0.15, 0.2) is 0 Å².